The Balaban J connectivity index is 1.47. The van der Waals surface area contributed by atoms with Gasteiger partial charge in [0.15, 0.2) is 5.60 Å². The average molecular weight is 632 g/mol. The molecule has 3 amide bonds. The SMILES string of the molecule is C=CCN1C(=O)[C@]2(O[C@H](CC(=O)N3CCC[C@H]3CO)[C@@H]([Si](C)(C)c3ccc(OC)cc3)[C@@H]2C)c2cc(N3CCCC3=O)ccc21. The van der Waals surface area contributed by atoms with E-state index in [4.69, 9.17) is 9.47 Å². The van der Waals surface area contributed by atoms with Gasteiger partial charge in [-0.2, -0.15) is 0 Å². The quantitative estimate of drug-likeness (QED) is 0.333. The zero-order valence-electron chi connectivity index (χ0n) is 26.8. The van der Waals surface area contributed by atoms with Gasteiger partial charge < -0.3 is 29.3 Å². The highest BCUT2D eigenvalue weighted by molar-refractivity contribution is 6.91. The standard InChI is InChI=1S/C35H45N3O6Si/c1-6-17-38-29-16-11-24(36-19-8-10-31(36)40)20-28(29)35(34(38)42)23(2)33(45(4,5)27-14-12-26(43-3)13-15-27)30(44-35)21-32(41)37-18-7-9-25(37)22-39/h6,11-16,20,23,25,30,33,39H,1,7-10,17-19,21-22H2,2-5H3/t23-,25-,30+,33-,35+/m0/s1. The number of methoxy groups -OCH3 is 1. The van der Waals surface area contributed by atoms with Gasteiger partial charge in [0, 0.05) is 43.2 Å². The van der Waals surface area contributed by atoms with Crippen LogP contribution in [0.4, 0.5) is 11.4 Å². The summed E-state index contributed by atoms with van der Waals surface area (Å²) in [5, 5.41) is 11.2. The first-order valence-electron chi connectivity index (χ1n) is 16.2. The predicted molar refractivity (Wildman–Crippen MR) is 177 cm³/mol. The van der Waals surface area contributed by atoms with Crippen LogP contribution in [0.15, 0.2) is 55.1 Å². The number of aliphatic hydroxyl groups is 1. The van der Waals surface area contributed by atoms with Crippen molar-refractivity contribution in [1.29, 1.82) is 0 Å². The normalized spacial score (nSPS) is 28.0. The molecule has 1 N–H and O–H groups in total. The summed E-state index contributed by atoms with van der Waals surface area (Å²) in [6.07, 6.45) is 4.28. The minimum absolute atomic E-state index is 0.0460. The molecule has 0 radical (unpaired) electrons. The Bertz CT molecular complexity index is 1490. The lowest BCUT2D eigenvalue weighted by molar-refractivity contribution is -0.149. The number of hydrogen-bond donors (Lipinski definition) is 1. The summed E-state index contributed by atoms with van der Waals surface area (Å²) >= 11 is 0. The van der Waals surface area contributed by atoms with Crippen molar-refractivity contribution in [3.05, 3.63) is 60.7 Å². The number of carbonyl (C=O) groups is 3. The third-order valence-electron chi connectivity index (χ3n) is 10.8. The number of benzene rings is 2. The summed E-state index contributed by atoms with van der Waals surface area (Å²) < 4.78 is 12.6. The number of aliphatic hydroxyl groups excluding tert-OH is 1. The summed E-state index contributed by atoms with van der Waals surface area (Å²) in [5.74, 6) is 0.390. The van der Waals surface area contributed by atoms with Gasteiger partial charge in [-0.15, -0.1) is 6.58 Å². The number of ether oxygens (including phenoxy) is 2. The molecule has 10 heteroatoms. The molecule has 5 atom stereocenters. The van der Waals surface area contributed by atoms with Gasteiger partial charge in [-0.3, -0.25) is 14.4 Å². The van der Waals surface area contributed by atoms with Crippen LogP contribution >= 0.6 is 0 Å². The van der Waals surface area contributed by atoms with Crippen molar-refractivity contribution < 1.29 is 29.0 Å². The van der Waals surface area contributed by atoms with Gasteiger partial charge in [0.25, 0.3) is 5.91 Å². The molecule has 4 heterocycles. The molecule has 0 saturated carbocycles. The van der Waals surface area contributed by atoms with Crippen LogP contribution in [0.5, 0.6) is 5.75 Å². The van der Waals surface area contributed by atoms with Crippen molar-refractivity contribution in [2.45, 2.75) is 75.4 Å². The summed E-state index contributed by atoms with van der Waals surface area (Å²) in [4.78, 5) is 46.7. The number of likely N-dealkylation sites (tertiary alicyclic amines) is 1. The monoisotopic (exact) mass is 631 g/mol. The van der Waals surface area contributed by atoms with Gasteiger partial charge in [0.1, 0.15) is 5.75 Å². The maximum atomic E-state index is 14.7. The number of rotatable bonds is 9. The second-order valence-corrected chi connectivity index (χ2v) is 18.2. The molecule has 45 heavy (non-hydrogen) atoms. The largest absolute Gasteiger partial charge is 0.497 e. The van der Waals surface area contributed by atoms with E-state index in [0.717, 1.165) is 42.0 Å². The van der Waals surface area contributed by atoms with E-state index in [1.54, 1.807) is 27.9 Å². The number of hydrogen-bond acceptors (Lipinski definition) is 6. The van der Waals surface area contributed by atoms with Crippen molar-refractivity contribution in [3.63, 3.8) is 0 Å². The molecule has 9 nitrogen and oxygen atoms in total. The molecule has 6 rings (SSSR count). The van der Waals surface area contributed by atoms with Crippen LogP contribution in [0.25, 0.3) is 0 Å². The smallest absolute Gasteiger partial charge is 0.264 e. The molecule has 3 fully saturated rings. The van der Waals surface area contributed by atoms with Gasteiger partial charge in [-0.25, -0.2) is 0 Å². The first-order valence-corrected chi connectivity index (χ1v) is 19.3. The van der Waals surface area contributed by atoms with E-state index in [-0.39, 0.29) is 48.3 Å². The Labute approximate surface area is 266 Å². The highest BCUT2D eigenvalue weighted by Gasteiger charge is 2.66. The minimum atomic E-state index is -2.43. The minimum Gasteiger partial charge on any atom is -0.497 e. The zero-order chi connectivity index (χ0) is 32.1. The molecular formula is C35H45N3O6Si. The van der Waals surface area contributed by atoms with E-state index >= 15 is 0 Å². The molecule has 0 bridgehead atoms. The van der Waals surface area contributed by atoms with Gasteiger partial charge in [0.2, 0.25) is 11.8 Å². The van der Waals surface area contributed by atoms with Crippen LogP contribution in [-0.4, -0.2) is 81.3 Å². The van der Waals surface area contributed by atoms with Gasteiger partial charge >= 0.3 is 0 Å². The predicted octanol–water partition coefficient (Wildman–Crippen LogP) is 3.94. The zero-order valence-corrected chi connectivity index (χ0v) is 27.8. The maximum absolute atomic E-state index is 14.7. The fraction of sp³-hybridized carbons (Fsp3) is 0.514. The first-order chi connectivity index (χ1) is 21.6. The Morgan fingerprint density at radius 1 is 1.16 bits per heavy atom. The molecule has 2 aromatic carbocycles. The lowest BCUT2D eigenvalue weighted by Gasteiger charge is -2.37. The van der Waals surface area contributed by atoms with E-state index in [1.807, 2.05) is 30.3 Å². The second-order valence-electron chi connectivity index (χ2n) is 13.5. The third kappa shape index (κ3) is 5.01. The number of anilines is 2. The van der Waals surface area contributed by atoms with Gasteiger partial charge in [0.05, 0.1) is 46.0 Å². The topological polar surface area (TPSA) is 99.6 Å². The molecule has 240 valence electrons. The molecule has 2 aromatic rings. The van der Waals surface area contributed by atoms with E-state index in [2.05, 4.69) is 38.7 Å². The molecule has 0 aromatic heterocycles. The number of carbonyl (C=O) groups excluding carboxylic acids is 3. The van der Waals surface area contributed by atoms with E-state index in [9.17, 15) is 19.5 Å². The number of fused-ring (bicyclic) bond motifs is 2. The van der Waals surface area contributed by atoms with Gasteiger partial charge in [-0.1, -0.05) is 43.4 Å². The summed E-state index contributed by atoms with van der Waals surface area (Å²) in [7, 11) is -0.782. The lowest BCUT2D eigenvalue weighted by Crippen LogP contribution is -2.52. The molecule has 4 aliphatic rings. The van der Waals surface area contributed by atoms with E-state index in [0.29, 0.717) is 26.1 Å². The summed E-state index contributed by atoms with van der Waals surface area (Å²) in [5.41, 5.74) is 0.877. The first kappa shape index (κ1) is 31.5. The van der Waals surface area contributed by atoms with Crippen molar-refractivity contribution >= 4 is 42.4 Å². The molecule has 0 unspecified atom stereocenters. The van der Waals surface area contributed by atoms with Crippen molar-refractivity contribution in [2.75, 3.05) is 43.2 Å². The molecule has 0 aliphatic carbocycles. The fourth-order valence-corrected chi connectivity index (χ4v) is 12.6. The van der Waals surface area contributed by atoms with Crippen LogP contribution in [0.1, 0.15) is 44.6 Å². The van der Waals surface area contributed by atoms with Crippen LogP contribution in [0.3, 0.4) is 0 Å². The highest BCUT2D eigenvalue weighted by atomic mass is 28.3. The molecule has 3 saturated heterocycles. The molecule has 4 aliphatic heterocycles. The Morgan fingerprint density at radius 2 is 1.91 bits per heavy atom. The Morgan fingerprint density at radius 3 is 2.56 bits per heavy atom. The Kier molecular flexibility index (Phi) is 8.43. The Hall–Kier alpha value is -3.47. The fourth-order valence-electron chi connectivity index (χ4n) is 8.54. The van der Waals surface area contributed by atoms with Crippen molar-refractivity contribution in [2.24, 2.45) is 5.92 Å². The summed E-state index contributed by atoms with van der Waals surface area (Å²) in [6.45, 7) is 12.1. The van der Waals surface area contributed by atoms with Gasteiger partial charge in [-0.05, 0) is 55.1 Å². The van der Waals surface area contributed by atoms with Crippen molar-refractivity contribution in [1.82, 2.24) is 4.90 Å². The molecule has 1 spiro atoms. The molecular weight excluding hydrogens is 586 g/mol. The summed E-state index contributed by atoms with van der Waals surface area (Å²) in [6, 6.07) is 13.8. The average Bonchev–Trinajstić information content (AvgIpc) is 3.80. The van der Waals surface area contributed by atoms with Crippen molar-refractivity contribution in [3.8, 4) is 5.75 Å². The highest BCUT2D eigenvalue weighted by Crippen LogP contribution is 2.60. The number of nitrogens with zero attached hydrogens (tertiary/aromatic N) is 3. The van der Waals surface area contributed by atoms with E-state index in [1.165, 1.54) is 5.19 Å². The third-order valence-corrected chi connectivity index (χ3v) is 15.2. The number of amides is 3. The van der Waals surface area contributed by atoms with Crippen LogP contribution in [-0.2, 0) is 24.7 Å². The van der Waals surface area contributed by atoms with Crippen LogP contribution in [0.2, 0.25) is 18.6 Å². The lowest BCUT2D eigenvalue weighted by atomic mass is 9.82. The van der Waals surface area contributed by atoms with Crippen LogP contribution < -0.4 is 19.7 Å². The van der Waals surface area contributed by atoms with Crippen LogP contribution in [0, 0.1) is 5.92 Å². The van der Waals surface area contributed by atoms with E-state index < -0.39 is 19.8 Å². The maximum Gasteiger partial charge on any atom is 0.264 e. The second kappa shape index (κ2) is 12.0.